The van der Waals surface area contributed by atoms with Gasteiger partial charge in [0.25, 0.3) is 5.69 Å². The lowest BCUT2D eigenvalue weighted by Gasteiger charge is -2.56. The molecule has 4 atom stereocenters. The van der Waals surface area contributed by atoms with Crippen LogP contribution >= 0.6 is 0 Å². The van der Waals surface area contributed by atoms with Crippen LogP contribution in [-0.4, -0.2) is 40.3 Å². The predicted molar refractivity (Wildman–Crippen MR) is 84.1 cm³/mol. The van der Waals surface area contributed by atoms with E-state index in [0.29, 0.717) is 11.8 Å². The summed E-state index contributed by atoms with van der Waals surface area (Å²) >= 11 is 0. The van der Waals surface area contributed by atoms with Crippen molar-refractivity contribution in [2.45, 2.75) is 25.4 Å². The van der Waals surface area contributed by atoms with Gasteiger partial charge in [-0.15, -0.1) is 6.58 Å². The van der Waals surface area contributed by atoms with Crippen molar-refractivity contribution in [1.29, 1.82) is 0 Å². The molecule has 0 aliphatic carbocycles. The summed E-state index contributed by atoms with van der Waals surface area (Å²) in [5.74, 6) is 1.18. The molecular formula is C17H23N2O3+. The molecule has 0 radical (unpaired) electrons. The molecule has 0 amide bonds. The Balaban J connectivity index is 1.83. The summed E-state index contributed by atoms with van der Waals surface area (Å²) in [5, 5.41) is 20.6. The zero-order valence-electron chi connectivity index (χ0n) is 12.7. The molecule has 118 valence electrons. The molecule has 3 aliphatic rings. The summed E-state index contributed by atoms with van der Waals surface area (Å²) in [6.07, 6.45) is 4.31. The monoisotopic (exact) mass is 303 g/mol. The van der Waals surface area contributed by atoms with Gasteiger partial charge in [0, 0.05) is 36.5 Å². The summed E-state index contributed by atoms with van der Waals surface area (Å²) in [6.45, 7) is 7.13. The van der Waals surface area contributed by atoms with Crippen LogP contribution in [0.25, 0.3) is 0 Å². The number of piperidine rings is 3. The number of nitrogens with zero attached hydrogens (tertiary/aromatic N) is 2. The normalized spacial score (nSPS) is 33.6. The maximum atomic E-state index is 10.8. The Hall–Kier alpha value is -1.72. The fourth-order valence-electron chi connectivity index (χ4n) is 4.37. The van der Waals surface area contributed by atoms with Crippen LogP contribution in [0.5, 0.6) is 0 Å². The van der Waals surface area contributed by atoms with E-state index in [-0.39, 0.29) is 23.3 Å². The van der Waals surface area contributed by atoms with E-state index in [1.165, 1.54) is 6.42 Å². The minimum absolute atomic E-state index is 0.128. The molecule has 2 unspecified atom stereocenters. The number of nitro groups is 1. The van der Waals surface area contributed by atoms with Crippen molar-refractivity contribution in [3.8, 4) is 0 Å². The third-order valence-electron chi connectivity index (χ3n) is 5.63. The summed E-state index contributed by atoms with van der Waals surface area (Å²) in [7, 11) is 0. The topological polar surface area (TPSA) is 63.4 Å². The number of fused-ring (bicyclic) bond motifs is 3. The molecule has 3 fully saturated rings. The molecule has 1 N–H and O–H groups in total. The van der Waals surface area contributed by atoms with Crippen LogP contribution in [0.15, 0.2) is 36.9 Å². The van der Waals surface area contributed by atoms with Gasteiger partial charge in [0.2, 0.25) is 0 Å². The third-order valence-corrected chi connectivity index (χ3v) is 5.63. The Morgan fingerprint density at radius 2 is 2.14 bits per heavy atom. The number of aliphatic hydroxyl groups is 1. The van der Waals surface area contributed by atoms with Crippen LogP contribution in [0.1, 0.15) is 18.4 Å². The molecule has 3 saturated heterocycles. The van der Waals surface area contributed by atoms with Gasteiger partial charge in [-0.3, -0.25) is 10.1 Å². The van der Waals surface area contributed by atoms with E-state index in [1.54, 1.807) is 12.1 Å². The molecule has 0 spiro atoms. The Bertz CT molecular complexity index is 572. The smallest absolute Gasteiger partial charge is 0.269 e. The number of aliphatic hydroxyl groups excluding tert-OH is 1. The maximum Gasteiger partial charge on any atom is 0.269 e. The van der Waals surface area contributed by atoms with Crippen LogP contribution in [0.2, 0.25) is 0 Å². The van der Waals surface area contributed by atoms with E-state index in [1.807, 2.05) is 12.1 Å². The first-order chi connectivity index (χ1) is 10.6. The molecule has 1 aromatic carbocycles. The number of non-ortho nitro benzene ring substituents is 1. The Morgan fingerprint density at radius 3 is 2.73 bits per heavy atom. The number of quaternary nitrogens is 1. The predicted octanol–water partition coefficient (Wildman–Crippen LogP) is 2.50. The largest absolute Gasteiger partial charge is 0.390 e. The fraction of sp³-hybridized carbons (Fsp3) is 0.529. The van der Waals surface area contributed by atoms with Crippen LogP contribution in [0.3, 0.4) is 0 Å². The summed E-state index contributed by atoms with van der Waals surface area (Å²) < 4.78 is 0.890. The Kier molecular flexibility index (Phi) is 4.02. The highest BCUT2D eigenvalue weighted by Gasteiger charge is 2.50. The van der Waals surface area contributed by atoms with E-state index in [0.717, 1.165) is 36.1 Å². The van der Waals surface area contributed by atoms with Gasteiger partial charge in [-0.25, -0.2) is 0 Å². The second-order valence-electron chi connectivity index (χ2n) is 6.73. The molecule has 2 bridgehead atoms. The lowest BCUT2D eigenvalue weighted by molar-refractivity contribution is -0.981. The second kappa shape index (κ2) is 5.82. The first-order valence-electron chi connectivity index (χ1n) is 7.90. The zero-order valence-corrected chi connectivity index (χ0v) is 12.7. The van der Waals surface area contributed by atoms with Crippen molar-refractivity contribution in [3.05, 3.63) is 52.6 Å². The summed E-state index contributed by atoms with van der Waals surface area (Å²) in [5.41, 5.74) is 1.23. The van der Waals surface area contributed by atoms with Gasteiger partial charge >= 0.3 is 0 Å². The molecule has 0 aromatic heterocycles. The highest BCUT2D eigenvalue weighted by molar-refractivity contribution is 5.32. The van der Waals surface area contributed by atoms with E-state index in [9.17, 15) is 15.2 Å². The standard InChI is InChI=1S/C17H23N2O3/c1-2-14-11-19(8-7-15(14)9-17(19)12-20)10-13-3-5-16(6-4-13)18(21)22/h2-6,14-15,17,20H,1,7-12H2/q+1/t14-,15?,17+,19?/m0/s1. The SMILES string of the molecule is C=C[C@H]1C[N+]2(Cc3ccc([N+](=O)[O-])cc3)CCC1C[C@@H]2CO. The van der Waals surface area contributed by atoms with Crippen molar-refractivity contribution in [1.82, 2.24) is 0 Å². The lowest BCUT2D eigenvalue weighted by atomic mass is 9.73. The third kappa shape index (κ3) is 2.55. The lowest BCUT2D eigenvalue weighted by Crippen LogP contribution is -2.67. The molecule has 3 aliphatic heterocycles. The molecule has 3 heterocycles. The number of rotatable bonds is 5. The van der Waals surface area contributed by atoms with E-state index < -0.39 is 0 Å². The highest BCUT2D eigenvalue weighted by Crippen LogP contribution is 2.43. The second-order valence-corrected chi connectivity index (χ2v) is 6.73. The van der Waals surface area contributed by atoms with Crippen molar-refractivity contribution in [2.24, 2.45) is 11.8 Å². The summed E-state index contributed by atoms with van der Waals surface area (Å²) in [6, 6.07) is 7.13. The first-order valence-corrected chi connectivity index (χ1v) is 7.90. The first kappa shape index (κ1) is 15.2. The van der Waals surface area contributed by atoms with E-state index in [2.05, 4.69) is 12.7 Å². The van der Waals surface area contributed by atoms with Gasteiger partial charge in [0.05, 0.1) is 24.6 Å². The molecule has 22 heavy (non-hydrogen) atoms. The quantitative estimate of drug-likeness (QED) is 0.393. The van der Waals surface area contributed by atoms with Crippen LogP contribution in [0.4, 0.5) is 5.69 Å². The Morgan fingerprint density at radius 1 is 1.41 bits per heavy atom. The van der Waals surface area contributed by atoms with Gasteiger partial charge < -0.3 is 9.59 Å². The van der Waals surface area contributed by atoms with E-state index >= 15 is 0 Å². The van der Waals surface area contributed by atoms with Crippen molar-refractivity contribution < 1.29 is 14.5 Å². The number of benzene rings is 1. The molecule has 4 rings (SSSR count). The minimum Gasteiger partial charge on any atom is -0.390 e. The summed E-state index contributed by atoms with van der Waals surface area (Å²) in [4.78, 5) is 10.4. The van der Waals surface area contributed by atoms with Crippen LogP contribution < -0.4 is 0 Å². The number of nitro benzene ring substituents is 1. The minimum atomic E-state index is -0.368. The van der Waals surface area contributed by atoms with Crippen molar-refractivity contribution in [2.75, 3.05) is 19.7 Å². The highest BCUT2D eigenvalue weighted by atomic mass is 16.6. The molecule has 1 aromatic rings. The molecule has 5 nitrogen and oxygen atoms in total. The maximum absolute atomic E-state index is 10.8. The fourth-order valence-corrected chi connectivity index (χ4v) is 4.37. The average Bonchev–Trinajstić information content (AvgIpc) is 2.55. The van der Waals surface area contributed by atoms with Gasteiger partial charge in [0.1, 0.15) is 12.6 Å². The van der Waals surface area contributed by atoms with E-state index in [4.69, 9.17) is 0 Å². The van der Waals surface area contributed by atoms with Gasteiger partial charge in [-0.2, -0.15) is 0 Å². The number of hydrogen-bond acceptors (Lipinski definition) is 3. The molecule has 5 heteroatoms. The van der Waals surface area contributed by atoms with Gasteiger partial charge in [-0.05, 0) is 18.1 Å². The van der Waals surface area contributed by atoms with Crippen LogP contribution in [-0.2, 0) is 6.54 Å². The van der Waals surface area contributed by atoms with Gasteiger partial charge in [0.15, 0.2) is 0 Å². The Labute approximate surface area is 130 Å². The van der Waals surface area contributed by atoms with Crippen LogP contribution in [0, 0.1) is 22.0 Å². The number of hydrogen-bond donors (Lipinski definition) is 1. The van der Waals surface area contributed by atoms with Crippen molar-refractivity contribution >= 4 is 5.69 Å². The van der Waals surface area contributed by atoms with Gasteiger partial charge in [-0.1, -0.05) is 6.08 Å². The van der Waals surface area contributed by atoms with Crippen molar-refractivity contribution in [3.63, 3.8) is 0 Å². The zero-order chi connectivity index (χ0) is 15.7. The molecule has 0 saturated carbocycles. The molecular weight excluding hydrogens is 280 g/mol. The average molecular weight is 303 g/mol.